The maximum absolute atomic E-state index is 13.0. The van der Waals surface area contributed by atoms with Gasteiger partial charge in [-0.25, -0.2) is 13.2 Å². The number of carbonyl (C=O) groups excluding carboxylic acids is 1. The molecule has 7 heteroatoms. The molecule has 1 unspecified atom stereocenters. The molecule has 1 aliphatic rings. The van der Waals surface area contributed by atoms with E-state index < -0.39 is 23.4 Å². The summed E-state index contributed by atoms with van der Waals surface area (Å²) in [4.78, 5) is 13.4. The molecule has 3 nitrogen and oxygen atoms in total. The van der Waals surface area contributed by atoms with E-state index in [2.05, 4.69) is 0 Å². The molecule has 0 aromatic heterocycles. The highest BCUT2D eigenvalue weighted by Crippen LogP contribution is 2.20. The van der Waals surface area contributed by atoms with Gasteiger partial charge in [-0.15, -0.1) is 12.4 Å². The number of halogens is 4. The molecule has 19 heavy (non-hydrogen) atoms. The van der Waals surface area contributed by atoms with Crippen LogP contribution in [0.4, 0.5) is 13.2 Å². The lowest BCUT2D eigenvalue weighted by Gasteiger charge is -2.16. The van der Waals surface area contributed by atoms with Gasteiger partial charge in [0, 0.05) is 18.7 Å². The van der Waals surface area contributed by atoms with Crippen molar-refractivity contribution in [2.24, 2.45) is 11.7 Å². The van der Waals surface area contributed by atoms with E-state index >= 15 is 0 Å². The first-order valence-corrected chi connectivity index (χ1v) is 5.66. The topological polar surface area (TPSA) is 46.3 Å². The van der Waals surface area contributed by atoms with Gasteiger partial charge in [0.2, 0.25) is 0 Å². The minimum atomic E-state index is -1.56. The van der Waals surface area contributed by atoms with Crippen LogP contribution in [0, 0.1) is 23.4 Å². The van der Waals surface area contributed by atoms with Crippen LogP contribution in [-0.4, -0.2) is 30.4 Å². The van der Waals surface area contributed by atoms with Gasteiger partial charge in [-0.3, -0.25) is 4.79 Å². The summed E-state index contributed by atoms with van der Waals surface area (Å²) in [5.41, 5.74) is 5.32. The fraction of sp³-hybridized carbons (Fsp3) is 0.417. The highest BCUT2D eigenvalue weighted by molar-refractivity contribution is 5.94. The Kier molecular flexibility index (Phi) is 5.20. The zero-order valence-electron chi connectivity index (χ0n) is 10.0. The molecule has 1 aromatic carbocycles. The second-order valence-electron chi connectivity index (χ2n) is 4.40. The monoisotopic (exact) mass is 294 g/mol. The van der Waals surface area contributed by atoms with Crippen LogP contribution in [0.25, 0.3) is 0 Å². The first-order chi connectivity index (χ1) is 8.52. The molecule has 0 aliphatic carbocycles. The summed E-state index contributed by atoms with van der Waals surface area (Å²) < 4.78 is 38.8. The molecular weight excluding hydrogens is 281 g/mol. The lowest BCUT2D eigenvalue weighted by molar-refractivity contribution is 0.0786. The van der Waals surface area contributed by atoms with Crippen molar-refractivity contribution < 1.29 is 18.0 Å². The first kappa shape index (κ1) is 15.8. The lowest BCUT2D eigenvalue weighted by atomic mass is 10.1. The van der Waals surface area contributed by atoms with E-state index in [1.54, 1.807) is 0 Å². The van der Waals surface area contributed by atoms with Crippen LogP contribution in [0.2, 0.25) is 0 Å². The molecule has 2 rings (SSSR count). The molecule has 0 radical (unpaired) electrons. The Morgan fingerprint density at radius 2 is 1.89 bits per heavy atom. The molecule has 1 fully saturated rings. The Morgan fingerprint density at radius 3 is 2.37 bits per heavy atom. The molecule has 0 bridgehead atoms. The first-order valence-electron chi connectivity index (χ1n) is 5.66. The van der Waals surface area contributed by atoms with Crippen LogP contribution in [0.15, 0.2) is 12.1 Å². The standard InChI is InChI=1S/C12H13F3N2O.ClH/c13-9-3-8(4-10(14)11(9)15)12(18)17-2-1-7(5-16)6-17;/h3-4,7H,1-2,5-6,16H2;1H. The molecule has 1 atom stereocenters. The summed E-state index contributed by atoms with van der Waals surface area (Å²) in [7, 11) is 0. The van der Waals surface area contributed by atoms with Crippen molar-refractivity contribution in [2.75, 3.05) is 19.6 Å². The van der Waals surface area contributed by atoms with Gasteiger partial charge in [-0.2, -0.15) is 0 Å². The minimum Gasteiger partial charge on any atom is -0.338 e. The van der Waals surface area contributed by atoms with Crippen molar-refractivity contribution in [3.63, 3.8) is 0 Å². The van der Waals surface area contributed by atoms with E-state index in [4.69, 9.17) is 5.73 Å². The molecule has 1 aromatic rings. The number of hydrogen-bond acceptors (Lipinski definition) is 2. The largest absolute Gasteiger partial charge is 0.338 e. The summed E-state index contributed by atoms with van der Waals surface area (Å²) in [6.07, 6.45) is 0.772. The van der Waals surface area contributed by atoms with E-state index in [1.165, 1.54) is 4.90 Å². The van der Waals surface area contributed by atoms with Crippen molar-refractivity contribution in [2.45, 2.75) is 6.42 Å². The lowest BCUT2D eigenvalue weighted by Crippen LogP contribution is -2.30. The number of nitrogens with zero attached hydrogens (tertiary/aromatic N) is 1. The third-order valence-electron chi connectivity index (χ3n) is 3.14. The van der Waals surface area contributed by atoms with Crippen LogP contribution in [0.5, 0.6) is 0 Å². The predicted octanol–water partition coefficient (Wildman–Crippen LogP) is 1.95. The van der Waals surface area contributed by atoms with Crippen LogP contribution >= 0.6 is 12.4 Å². The van der Waals surface area contributed by atoms with Crippen molar-refractivity contribution in [3.05, 3.63) is 35.1 Å². The molecule has 1 amide bonds. The van der Waals surface area contributed by atoms with Gasteiger partial charge >= 0.3 is 0 Å². The number of rotatable bonds is 2. The number of amides is 1. The minimum absolute atomic E-state index is 0. The van der Waals surface area contributed by atoms with E-state index in [9.17, 15) is 18.0 Å². The Hall–Kier alpha value is -1.27. The maximum Gasteiger partial charge on any atom is 0.254 e. The number of carbonyl (C=O) groups is 1. The second-order valence-corrected chi connectivity index (χ2v) is 4.40. The van der Waals surface area contributed by atoms with Gasteiger partial charge in [0.1, 0.15) is 0 Å². The average Bonchev–Trinajstić information content (AvgIpc) is 2.83. The Bertz CT molecular complexity index is 461. The SMILES string of the molecule is Cl.NCC1CCN(C(=O)c2cc(F)c(F)c(F)c2)C1. The highest BCUT2D eigenvalue weighted by atomic mass is 35.5. The second kappa shape index (κ2) is 6.25. The van der Waals surface area contributed by atoms with E-state index in [0.717, 1.165) is 18.6 Å². The van der Waals surface area contributed by atoms with Crippen molar-refractivity contribution in [3.8, 4) is 0 Å². The van der Waals surface area contributed by atoms with Gasteiger partial charge in [0.15, 0.2) is 17.5 Å². The number of benzene rings is 1. The van der Waals surface area contributed by atoms with Crippen LogP contribution < -0.4 is 5.73 Å². The maximum atomic E-state index is 13.0. The Morgan fingerprint density at radius 1 is 1.32 bits per heavy atom. The zero-order valence-corrected chi connectivity index (χ0v) is 10.9. The van der Waals surface area contributed by atoms with E-state index in [1.807, 2.05) is 0 Å². The summed E-state index contributed by atoms with van der Waals surface area (Å²) in [6, 6.07) is 1.44. The van der Waals surface area contributed by atoms with Crippen LogP contribution in [0.1, 0.15) is 16.8 Å². The van der Waals surface area contributed by atoms with Gasteiger partial charge in [-0.1, -0.05) is 0 Å². The zero-order chi connectivity index (χ0) is 13.3. The van der Waals surface area contributed by atoms with E-state index in [-0.39, 0.29) is 23.9 Å². The molecule has 0 spiro atoms. The molecule has 1 saturated heterocycles. The van der Waals surface area contributed by atoms with Crippen LogP contribution in [0.3, 0.4) is 0 Å². The molecule has 2 N–H and O–H groups in total. The summed E-state index contributed by atoms with van der Waals surface area (Å²) >= 11 is 0. The van der Waals surface area contributed by atoms with Gasteiger partial charge in [0.05, 0.1) is 0 Å². The van der Waals surface area contributed by atoms with Gasteiger partial charge in [-0.05, 0) is 31.0 Å². The van der Waals surface area contributed by atoms with Crippen molar-refractivity contribution in [1.29, 1.82) is 0 Å². The van der Waals surface area contributed by atoms with Crippen molar-refractivity contribution in [1.82, 2.24) is 4.90 Å². The molecule has 1 aliphatic heterocycles. The quantitative estimate of drug-likeness (QED) is 0.848. The number of likely N-dealkylation sites (tertiary alicyclic amines) is 1. The predicted molar refractivity (Wildman–Crippen MR) is 66.6 cm³/mol. The summed E-state index contributed by atoms with van der Waals surface area (Å²) in [5, 5.41) is 0. The molecule has 0 saturated carbocycles. The van der Waals surface area contributed by atoms with Crippen LogP contribution in [-0.2, 0) is 0 Å². The molecule has 1 heterocycles. The fourth-order valence-corrected chi connectivity index (χ4v) is 2.07. The number of hydrogen-bond donors (Lipinski definition) is 1. The third kappa shape index (κ3) is 3.19. The Labute approximate surface area is 115 Å². The third-order valence-corrected chi connectivity index (χ3v) is 3.14. The Balaban J connectivity index is 0.00000180. The highest BCUT2D eigenvalue weighted by Gasteiger charge is 2.27. The summed E-state index contributed by atoms with van der Waals surface area (Å²) in [5.74, 6) is -4.55. The summed E-state index contributed by atoms with van der Waals surface area (Å²) in [6.45, 7) is 1.44. The molecular formula is C12H14ClF3N2O. The van der Waals surface area contributed by atoms with E-state index in [0.29, 0.717) is 19.6 Å². The smallest absolute Gasteiger partial charge is 0.254 e. The average molecular weight is 295 g/mol. The van der Waals surface area contributed by atoms with Crippen molar-refractivity contribution >= 4 is 18.3 Å². The molecule has 106 valence electrons. The fourth-order valence-electron chi connectivity index (χ4n) is 2.07. The normalized spacial score (nSPS) is 18.3. The number of nitrogens with two attached hydrogens (primary N) is 1. The van der Waals surface area contributed by atoms with Gasteiger partial charge in [0.25, 0.3) is 5.91 Å². The van der Waals surface area contributed by atoms with Gasteiger partial charge < -0.3 is 10.6 Å².